The number of carbonyl (C=O) groups is 1. The molecule has 0 saturated heterocycles. The van der Waals surface area contributed by atoms with Gasteiger partial charge >= 0.3 is 146 Å². The summed E-state index contributed by atoms with van der Waals surface area (Å²) >= 11 is -0.676. The molecule has 0 radical (unpaired) electrons. The molecule has 0 spiro atoms. The summed E-state index contributed by atoms with van der Waals surface area (Å²) in [4.78, 5) is 12.4. The zero-order valence-corrected chi connectivity index (χ0v) is 19.6. The fraction of sp³-hybridized carbons (Fsp3) is 0.273. The van der Waals surface area contributed by atoms with E-state index < -0.39 is 26.5 Å². The van der Waals surface area contributed by atoms with Crippen LogP contribution < -0.4 is 15.4 Å². The first-order valence-electron chi connectivity index (χ1n) is 9.80. The average Bonchev–Trinajstić information content (AvgIpc) is 3.13. The van der Waals surface area contributed by atoms with Gasteiger partial charge in [0.2, 0.25) is 0 Å². The molecule has 3 aromatic rings. The number of urea groups is 1. The van der Waals surface area contributed by atoms with E-state index in [-0.39, 0.29) is 11.4 Å². The van der Waals surface area contributed by atoms with Crippen molar-refractivity contribution in [3.63, 3.8) is 0 Å². The number of aromatic nitrogens is 2. The maximum atomic E-state index is 13.1. The number of benzene rings is 2. The van der Waals surface area contributed by atoms with Gasteiger partial charge in [0.25, 0.3) is 0 Å². The number of phenolic OH excluding ortho intramolecular Hbond substituents is 1. The number of nitrogens with one attached hydrogen (secondary N) is 2. The fourth-order valence-corrected chi connectivity index (χ4v) is 4.63. The summed E-state index contributed by atoms with van der Waals surface area (Å²) in [5.41, 5.74) is 6.97. The summed E-state index contributed by atoms with van der Waals surface area (Å²) in [6.45, 7) is 0.634. The topological polar surface area (TPSA) is 88.4 Å². The standard InChI is InChI=1S/C22H26AsFN4O3/c1-23(2)10-4-12-31-21-8-6-16(14-17(21)19-9-11-25-28(19)3)26-22(30)27-18-7-5-15(24)13-20(18)29/h5-9,11,13-14,29H,4,10,12H2,1-3H3,(H2,26,27,30). The van der Waals surface area contributed by atoms with Gasteiger partial charge in [0, 0.05) is 6.07 Å². The van der Waals surface area contributed by atoms with Crippen molar-refractivity contribution < 1.29 is 19.0 Å². The summed E-state index contributed by atoms with van der Waals surface area (Å²) in [6, 6.07) is 10.1. The molecule has 3 rings (SSSR count). The van der Waals surface area contributed by atoms with Crippen LogP contribution >= 0.6 is 0 Å². The molecule has 1 aromatic heterocycles. The first kappa shape index (κ1) is 22.7. The Morgan fingerprint density at radius 2 is 2.00 bits per heavy atom. The molecule has 0 atom stereocenters. The Labute approximate surface area is 185 Å². The van der Waals surface area contributed by atoms with E-state index >= 15 is 0 Å². The van der Waals surface area contributed by atoms with Crippen LogP contribution in [-0.4, -0.2) is 42.2 Å². The number of amides is 2. The van der Waals surface area contributed by atoms with E-state index in [1.807, 2.05) is 25.2 Å². The third-order valence-electron chi connectivity index (χ3n) is 4.55. The molecule has 0 bridgehead atoms. The summed E-state index contributed by atoms with van der Waals surface area (Å²) in [6.07, 6.45) is 2.72. The van der Waals surface area contributed by atoms with E-state index in [0.717, 1.165) is 35.6 Å². The number of anilines is 2. The molecule has 7 nitrogen and oxygen atoms in total. The second-order valence-corrected chi connectivity index (χ2v) is 12.8. The van der Waals surface area contributed by atoms with Crippen LogP contribution in [0.5, 0.6) is 11.5 Å². The van der Waals surface area contributed by atoms with Crippen LogP contribution in [-0.2, 0) is 7.05 Å². The van der Waals surface area contributed by atoms with E-state index in [9.17, 15) is 14.3 Å². The zero-order chi connectivity index (χ0) is 22.4. The summed E-state index contributed by atoms with van der Waals surface area (Å²) in [5, 5.41) is 20.5. The summed E-state index contributed by atoms with van der Waals surface area (Å²) in [7, 11) is 1.84. The SMILES string of the molecule is Cn1nccc1-c1cc(NC(=O)Nc2ccc(F)cc2O)ccc1OCCC[As](C)C. The molecule has 1 heterocycles. The van der Waals surface area contributed by atoms with Crippen LogP contribution in [0.2, 0.25) is 16.6 Å². The third-order valence-corrected chi connectivity index (χ3v) is 7.09. The van der Waals surface area contributed by atoms with E-state index in [1.165, 1.54) is 11.3 Å². The molecular formula is C22H26AsFN4O3. The Kier molecular flexibility index (Phi) is 7.58. The van der Waals surface area contributed by atoms with Crippen molar-refractivity contribution in [3.05, 3.63) is 54.5 Å². The molecule has 0 fully saturated rings. The predicted octanol–water partition coefficient (Wildman–Crippen LogP) is 5.10. The predicted molar refractivity (Wildman–Crippen MR) is 122 cm³/mol. The molecule has 0 unspecified atom stereocenters. The molecule has 9 heteroatoms. The van der Waals surface area contributed by atoms with Crippen LogP contribution in [0.1, 0.15) is 6.42 Å². The van der Waals surface area contributed by atoms with Gasteiger partial charge in [-0.1, -0.05) is 0 Å². The van der Waals surface area contributed by atoms with Crippen LogP contribution in [0.3, 0.4) is 0 Å². The molecule has 0 aliphatic rings. The van der Waals surface area contributed by atoms with Gasteiger partial charge in [-0.3, -0.25) is 0 Å². The Hall–Kier alpha value is -2.99. The van der Waals surface area contributed by atoms with Crippen molar-refractivity contribution in [2.45, 2.75) is 23.1 Å². The summed E-state index contributed by atoms with van der Waals surface area (Å²) in [5.74, 6) is -0.216. The molecule has 2 aromatic carbocycles. The van der Waals surface area contributed by atoms with Crippen molar-refractivity contribution in [1.82, 2.24) is 9.78 Å². The second kappa shape index (κ2) is 10.4. The number of halogens is 1. The first-order valence-corrected chi connectivity index (χ1v) is 14.9. The van der Waals surface area contributed by atoms with Crippen molar-refractivity contribution in [2.24, 2.45) is 7.05 Å². The second-order valence-electron chi connectivity index (χ2n) is 7.30. The van der Waals surface area contributed by atoms with E-state index in [4.69, 9.17) is 4.74 Å². The van der Waals surface area contributed by atoms with E-state index in [0.29, 0.717) is 12.3 Å². The summed E-state index contributed by atoms with van der Waals surface area (Å²) < 4.78 is 20.9. The Balaban J connectivity index is 1.76. The maximum absolute atomic E-state index is 13.1. The molecule has 164 valence electrons. The van der Waals surface area contributed by atoms with Gasteiger partial charge in [0.05, 0.1) is 0 Å². The molecule has 0 saturated carbocycles. The number of carbonyl (C=O) groups excluding carboxylic acids is 1. The van der Waals surface area contributed by atoms with Crippen molar-refractivity contribution >= 4 is 32.1 Å². The number of aryl methyl sites for hydroxylation is 1. The molecule has 3 N–H and O–H groups in total. The fourth-order valence-electron chi connectivity index (χ4n) is 3.03. The molecular weight excluding hydrogens is 462 g/mol. The molecule has 0 aliphatic heterocycles. The molecule has 31 heavy (non-hydrogen) atoms. The first-order chi connectivity index (χ1) is 14.8. The van der Waals surface area contributed by atoms with Crippen LogP contribution in [0.25, 0.3) is 11.3 Å². The number of rotatable bonds is 8. The minimum atomic E-state index is -0.676. The quantitative estimate of drug-likeness (QED) is 0.234. The normalized spacial score (nSPS) is 10.9. The van der Waals surface area contributed by atoms with Crippen LogP contribution in [0.4, 0.5) is 20.6 Å². The van der Waals surface area contributed by atoms with Crippen molar-refractivity contribution in [3.8, 4) is 22.8 Å². The van der Waals surface area contributed by atoms with Gasteiger partial charge in [-0.05, 0) is 12.1 Å². The van der Waals surface area contributed by atoms with Gasteiger partial charge in [-0.25, -0.2) is 4.39 Å². The van der Waals surface area contributed by atoms with Crippen molar-refractivity contribution in [2.75, 3.05) is 17.2 Å². The Morgan fingerprint density at radius 1 is 1.19 bits per heavy atom. The molecule has 2 amide bonds. The number of ether oxygens (including phenoxy) is 1. The van der Waals surface area contributed by atoms with Crippen LogP contribution in [0, 0.1) is 5.82 Å². The van der Waals surface area contributed by atoms with Crippen LogP contribution in [0.15, 0.2) is 48.7 Å². The number of aromatic hydroxyl groups is 1. The van der Waals surface area contributed by atoms with Gasteiger partial charge in [-0.15, -0.1) is 0 Å². The molecule has 0 aliphatic carbocycles. The monoisotopic (exact) mass is 488 g/mol. The van der Waals surface area contributed by atoms with Gasteiger partial charge in [0.1, 0.15) is 11.6 Å². The third kappa shape index (κ3) is 6.24. The Morgan fingerprint density at radius 3 is 2.68 bits per heavy atom. The number of hydrogen-bond acceptors (Lipinski definition) is 4. The number of nitrogens with zero attached hydrogens (tertiary/aromatic N) is 2. The number of hydrogen-bond donors (Lipinski definition) is 3. The number of phenols is 1. The van der Waals surface area contributed by atoms with E-state index in [2.05, 4.69) is 27.2 Å². The zero-order valence-electron chi connectivity index (χ0n) is 17.7. The van der Waals surface area contributed by atoms with Crippen molar-refractivity contribution in [1.29, 1.82) is 0 Å². The minimum absolute atomic E-state index is 0.111. The Bertz CT molecular complexity index is 1050. The van der Waals surface area contributed by atoms with Gasteiger partial charge < -0.3 is 5.11 Å². The van der Waals surface area contributed by atoms with E-state index in [1.54, 1.807) is 16.9 Å². The van der Waals surface area contributed by atoms with Gasteiger partial charge in [-0.2, -0.15) is 0 Å². The average molecular weight is 488 g/mol. The van der Waals surface area contributed by atoms with Gasteiger partial charge in [0.15, 0.2) is 0 Å².